The molecule has 1 aromatic heterocycles. The van der Waals surface area contributed by atoms with E-state index in [1.807, 2.05) is 6.92 Å². The van der Waals surface area contributed by atoms with Gasteiger partial charge < -0.3 is 15.5 Å². The Morgan fingerprint density at radius 2 is 2.20 bits per heavy atom. The molecule has 0 saturated carbocycles. The van der Waals surface area contributed by atoms with Gasteiger partial charge in [-0.3, -0.25) is 14.3 Å². The fourth-order valence-electron chi connectivity index (χ4n) is 2.23. The van der Waals surface area contributed by atoms with Crippen molar-refractivity contribution in [2.24, 2.45) is 5.73 Å². The Balaban J connectivity index is 2.09. The molecule has 1 aromatic rings. The molecular weight excluding hydrogens is 258 g/mol. The van der Waals surface area contributed by atoms with Crippen LogP contribution in [0.4, 0.5) is 0 Å². The number of piperazine rings is 1. The maximum Gasteiger partial charge on any atom is 0.257 e. The number of hydrogen-bond acceptors (Lipinski definition) is 4. The second kappa shape index (κ2) is 6.04. The van der Waals surface area contributed by atoms with Crippen molar-refractivity contribution in [3.8, 4) is 0 Å². The summed E-state index contributed by atoms with van der Waals surface area (Å²) in [6.07, 6.45) is 2.40. The number of aryl methyl sites for hydroxylation is 1. The third kappa shape index (κ3) is 2.82. The summed E-state index contributed by atoms with van der Waals surface area (Å²) in [6, 6.07) is 0. The molecule has 1 aliphatic rings. The van der Waals surface area contributed by atoms with Gasteiger partial charge in [-0.05, 0) is 19.9 Å². The average Bonchev–Trinajstić information content (AvgIpc) is 2.80. The number of likely N-dealkylation sites (N-methyl/N-ethyl adjacent to an activating group) is 1. The van der Waals surface area contributed by atoms with Crippen LogP contribution in [0.2, 0.25) is 0 Å². The lowest BCUT2D eigenvalue weighted by atomic mass is 10.2. The first-order chi connectivity index (χ1) is 9.54. The molecule has 2 heterocycles. The Morgan fingerprint density at radius 1 is 1.45 bits per heavy atom. The van der Waals surface area contributed by atoms with E-state index in [0.29, 0.717) is 31.7 Å². The molecule has 2 amide bonds. The first kappa shape index (κ1) is 14.5. The van der Waals surface area contributed by atoms with Gasteiger partial charge in [-0.1, -0.05) is 0 Å². The lowest BCUT2D eigenvalue weighted by molar-refractivity contribution is -0.133. The molecule has 0 aliphatic carbocycles. The third-order valence-electron chi connectivity index (χ3n) is 3.65. The minimum absolute atomic E-state index is 0.0298. The number of aromatic nitrogens is 2. The lowest BCUT2D eigenvalue weighted by Gasteiger charge is -2.31. The Bertz CT molecular complexity index is 511. The van der Waals surface area contributed by atoms with E-state index in [4.69, 9.17) is 5.73 Å². The highest BCUT2D eigenvalue weighted by molar-refractivity contribution is 5.97. The number of carbonyl (C=O) groups excluding carboxylic acids is 2. The van der Waals surface area contributed by atoms with Gasteiger partial charge in [0.15, 0.2) is 0 Å². The zero-order chi connectivity index (χ0) is 14.7. The van der Waals surface area contributed by atoms with Crippen LogP contribution < -0.4 is 5.73 Å². The Kier molecular flexibility index (Phi) is 4.39. The Labute approximate surface area is 118 Å². The predicted octanol–water partition coefficient (Wildman–Crippen LogP) is -0.545. The first-order valence-corrected chi connectivity index (χ1v) is 6.80. The van der Waals surface area contributed by atoms with Gasteiger partial charge in [-0.2, -0.15) is 5.10 Å². The van der Waals surface area contributed by atoms with Crippen LogP contribution in [0.3, 0.4) is 0 Å². The van der Waals surface area contributed by atoms with Gasteiger partial charge in [0.25, 0.3) is 5.91 Å². The zero-order valence-electron chi connectivity index (χ0n) is 12.0. The van der Waals surface area contributed by atoms with E-state index in [9.17, 15) is 9.59 Å². The molecule has 0 bridgehead atoms. The van der Waals surface area contributed by atoms with Crippen molar-refractivity contribution < 1.29 is 9.59 Å². The maximum absolute atomic E-state index is 12.4. The van der Waals surface area contributed by atoms with Crippen molar-refractivity contribution in [3.63, 3.8) is 0 Å². The van der Waals surface area contributed by atoms with Gasteiger partial charge in [0.1, 0.15) is 6.54 Å². The number of amides is 2. The van der Waals surface area contributed by atoms with Gasteiger partial charge in [-0.25, -0.2) is 0 Å². The summed E-state index contributed by atoms with van der Waals surface area (Å²) in [5.41, 5.74) is 6.88. The van der Waals surface area contributed by atoms with Crippen molar-refractivity contribution in [1.29, 1.82) is 0 Å². The SMILES string of the molecule is Cc1c(C(=O)N2CCN(C)C(=O)C2)cnn1CCCN. The fourth-order valence-corrected chi connectivity index (χ4v) is 2.23. The normalized spacial score (nSPS) is 15.8. The molecule has 7 nitrogen and oxygen atoms in total. The van der Waals surface area contributed by atoms with E-state index in [0.717, 1.165) is 12.1 Å². The number of hydrogen-bond donors (Lipinski definition) is 1. The largest absolute Gasteiger partial charge is 0.342 e. The molecule has 0 aromatic carbocycles. The molecule has 2 rings (SSSR count). The van der Waals surface area contributed by atoms with Gasteiger partial charge >= 0.3 is 0 Å². The van der Waals surface area contributed by atoms with Gasteiger partial charge in [-0.15, -0.1) is 0 Å². The molecule has 1 fully saturated rings. The molecule has 20 heavy (non-hydrogen) atoms. The molecule has 110 valence electrons. The van der Waals surface area contributed by atoms with Gasteiger partial charge in [0.05, 0.1) is 11.8 Å². The topological polar surface area (TPSA) is 84.5 Å². The van der Waals surface area contributed by atoms with E-state index >= 15 is 0 Å². The number of nitrogens with two attached hydrogens (primary N) is 1. The van der Waals surface area contributed by atoms with Gasteiger partial charge in [0.2, 0.25) is 5.91 Å². The molecular formula is C13H21N5O2. The second-order valence-corrected chi connectivity index (χ2v) is 5.05. The lowest BCUT2D eigenvalue weighted by Crippen LogP contribution is -2.50. The minimum atomic E-state index is -0.122. The third-order valence-corrected chi connectivity index (χ3v) is 3.65. The second-order valence-electron chi connectivity index (χ2n) is 5.05. The fraction of sp³-hybridized carbons (Fsp3) is 0.615. The predicted molar refractivity (Wildman–Crippen MR) is 74.2 cm³/mol. The van der Waals surface area contributed by atoms with Crippen molar-refractivity contribution in [2.75, 3.05) is 33.2 Å². The molecule has 0 radical (unpaired) electrons. The smallest absolute Gasteiger partial charge is 0.257 e. The molecule has 1 saturated heterocycles. The number of rotatable bonds is 4. The molecule has 0 unspecified atom stereocenters. The van der Waals surface area contributed by atoms with Crippen LogP contribution >= 0.6 is 0 Å². The highest BCUT2D eigenvalue weighted by Gasteiger charge is 2.27. The van der Waals surface area contributed by atoms with Crippen LogP contribution in [-0.4, -0.2) is 64.6 Å². The number of nitrogens with zero attached hydrogens (tertiary/aromatic N) is 4. The monoisotopic (exact) mass is 279 g/mol. The van der Waals surface area contributed by atoms with E-state index in [2.05, 4.69) is 5.10 Å². The summed E-state index contributed by atoms with van der Waals surface area (Å²) >= 11 is 0. The van der Waals surface area contributed by atoms with E-state index in [1.165, 1.54) is 0 Å². The summed E-state index contributed by atoms with van der Waals surface area (Å²) in [5.74, 6) is -0.152. The highest BCUT2D eigenvalue weighted by Crippen LogP contribution is 2.13. The van der Waals surface area contributed by atoms with E-state index < -0.39 is 0 Å². The van der Waals surface area contributed by atoms with Crippen molar-refractivity contribution >= 4 is 11.8 Å². The van der Waals surface area contributed by atoms with Crippen LogP contribution in [0, 0.1) is 6.92 Å². The first-order valence-electron chi connectivity index (χ1n) is 6.80. The standard InChI is InChI=1S/C13H21N5O2/c1-10-11(8-15-18(10)5-3-4-14)13(20)17-7-6-16(2)12(19)9-17/h8H,3-7,9,14H2,1-2H3. The number of carbonyl (C=O) groups is 2. The van der Waals surface area contributed by atoms with E-state index in [1.54, 1.807) is 27.7 Å². The Hall–Kier alpha value is -1.89. The summed E-state index contributed by atoms with van der Waals surface area (Å²) in [5, 5.41) is 4.22. The average molecular weight is 279 g/mol. The molecule has 7 heteroatoms. The van der Waals surface area contributed by atoms with Crippen LogP contribution in [0.15, 0.2) is 6.20 Å². The van der Waals surface area contributed by atoms with Crippen molar-refractivity contribution in [1.82, 2.24) is 19.6 Å². The molecule has 0 atom stereocenters. The maximum atomic E-state index is 12.4. The van der Waals surface area contributed by atoms with Gasteiger partial charge in [0, 0.05) is 32.4 Å². The van der Waals surface area contributed by atoms with Crippen molar-refractivity contribution in [3.05, 3.63) is 17.5 Å². The quantitative estimate of drug-likeness (QED) is 0.802. The molecule has 2 N–H and O–H groups in total. The van der Waals surface area contributed by atoms with Crippen LogP contribution in [0.5, 0.6) is 0 Å². The Morgan fingerprint density at radius 3 is 2.85 bits per heavy atom. The minimum Gasteiger partial charge on any atom is -0.342 e. The molecule has 0 spiro atoms. The zero-order valence-corrected chi connectivity index (χ0v) is 12.0. The summed E-state index contributed by atoms with van der Waals surface area (Å²) in [7, 11) is 1.75. The summed E-state index contributed by atoms with van der Waals surface area (Å²) < 4.78 is 1.79. The summed E-state index contributed by atoms with van der Waals surface area (Å²) in [4.78, 5) is 27.3. The molecule has 1 aliphatic heterocycles. The summed E-state index contributed by atoms with van der Waals surface area (Å²) in [6.45, 7) is 4.45. The van der Waals surface area contributed by atoms with Crippen LogP contribution in [0.25, 0.3) is 0 Å². The van der Waals surface area contributed by atoms with E-state index in [-0.39, 0.29) is 18.4 Å². The van der Waals surface area contributed by atoms with Crippen LogP contribution in [-0.2, 0) is 11.3 Å². The highest BCUT2D eigenvalue weighted by atomic mass is 16.2. The van der Waals surface area contributed by atoms with Crippen molar-refractivity contribution in [2.45, 2.75) is 19.9 Å². The van der Waals surface area contributed by atoms with Crippen LogP contribution in [0.1, 0.15) is 22.5 Å².